The van der Waals surface area contributed by atoms with Crippen LogP contribution >= 0.6 is 11.6 Å². The Hall–Kier alpha value is -2.66. The van der Waals surface area contributed by atoms with Crippen molar-refractivity contribution < 1.29 is 9.32 Å². The molecule has 2 aromatic carbocycles. The molecule has 1 aliphatic rings. The van der Waals surface area contributed by atoms with E-state index in [1.165, 1.54) is 0 Å². The van der Waals surface area contributed by atoms with Crippen molar-refractivity contribution >= 4 is 17.5 Å². The fourth-order valence-electron chi connectivity index (χ4n) is 3.39. The number of hydrogen-bond donors (Lipinski definition) is 0. The molecule has 6 heteroatoms. The predicted octanol–water partition coefficient (Wildman–Crippen LogP) is 4.52. The minimum atomic E-state index is -0.0730. The maximum atomic E-state index is 12.4. The van der Waals surface area contributed by atoms with Crippen LogP contribution in [0.15, 0.2) is 47.0 Å². The maximum Gasteiger partial charge on any atom is 0.232 e. The molecule has 0 aliphatic carbocycles. The molecular weight excluding hydrogens is 362 g/mol. The quantitative estimate of drug-likeness (QED) is 0.666. The third kappa shape index (κ3) is 3.74. The minimum Gasteiger partial charge on any atom is -0.339 e. The third-order valence-corrected chi connectivity index (χ3v) is 5.18. The van der Waals surface area contributed by atoms with Crippen LogP contribution in [-0.2, 0) is 11.3 Å². The molecular formula is C21H20ClN3O2. The van der Waals surface area contributed by atoms with Gasteiger partial charge in [0.2, 0.25) is 17.6 Å². The molecule has 1 fully saturated rings. The standard InChI is InChI=1S/C21H20ClN3O2/c1-13-3-4-14(2)18(9-13)20-23-21(27-24-20)16-10-19(26)25(12-16)11-15-5-7-17(22)8-6-15/h3-9,16H,10-12H2,1-2H3. The second-order valence-electron chi connectivity index (χ2n) is 7.08. The Morgan fingerprint density at radius 1 is 1.19 bits per heavy atom. The number of carbonyl (C=O) groups excluding carboxylic acids is 1. The highest BCUT2D eigenvalue weighted by atomic mass is 35.5. The van der Waals surface area contributed by atoms with Crippen molar-refractivity contribution in [3.63, 3.8) is 0 Å². The van der Waals surface area contributed by atoms with Crippen LogP contribution in [0.1, 0.15) is 34.9 Å². The van der Waals surface area contributed by atoms with Gasteiger partial charge >= 0.3 is 0 Å². The number of amides is 1. The average molecular weight is 382 g/mol. The third-order valence-electron chi connectivity index (χ3n) is 4.93. The highest BCUT2D eigenvalue weighted by Gasteiger charge is 2.34. The summed E-state index contributed by atoms with van der Waals surface area (Å²) in [5.41, 5.74) is 4.26. The van der Waals surface area contributed by atoms with E-state index in [-0.39, 0.29) is 11.8 Å². The molecule has 0 bridgehead atoms. The molecule has 1 atom stereocenters. The number of aryl methyl sites for hydroxylation is 2. The van der Waals surface area contributed by atoms with Crippen LogP contribution in [0.4, 0.5) is 0 Å². The first-order valence-electron chi connectivity index (χ1n) is 8.93. The number of halogens is 1. The molecule has 138 valence electrons. The number of likely N-dealkylation sites (tertiary alicyclic amines) is 1. The Bertz CT molecular complexity index is 981. The number of carbonyl (C=O) groups is 1. The van der Waals surface area contributed by atoms with E-state index in [4.69, 9.17) is 16.1 Å². The van der Waals surface area contributed by atoms with Gasteiger partial charge in [-0.1, -0.05) is 46.6 Å². The van der Waals surface area contributed by atoms with Crippen LogP contribution < -0.4 is 0 Å². The van der Waals surface area contributed by atoms with Crippen molar-refractivity contribution in [3.8, 4) is 11.4 Å². The van der Waals surface area contributed by atoms with Gasteiger partial charge in [0, 0.05) is 30.1 Å². The SMILES string of the molecule is Cc1ccc(C)c(-c2noc(C3CC(=O)N(Cc4ccc(Cl)cc4)C3)n2)c1. The molecule has 1 aromatic heterocycles. The first-order valence-corrected chi connectivity index (χ1v) is 9.31. The summed E-state index contributed by atoms with van der Waals surface area (Å²) >= 11 is 5.93. The zero-order chi connectivity index (χ0) is 19.0. The van der Waals surface area contributed by atoms with Crippen molar-refractivity contribution in [1.82, 2.24) is 15.0 Å². The van der Waals surface area contributed by atoms with Crippen molar-refractivity contribution in [1.29, 1.82) is 0 Å². The second-order valence-corrected chi connectivity index (χ2v) is 7.51. The summed E-state index contributed by atoms with van der Waals surface area (Å²) in [6.07, 6.45) is 0.391. The molecule has 27 heavy (non-hydrogen) atoms. The summed E-state index contributed by atoms with van der Waals surface area (Å²) in [6, 6.07) is 13.7. The molecule has 2 heterocycles. The summed E-state index contributed by atoms with van der Waals surface area (Å²) in [5.74, 6) is 1.13. The van der Waals surface area contributed by atoms with Gasteiger partial charge in [-0.2, -0.15) is 4.98 Å². The van der Waals surface area contributed by atoms with Crippen molar-refractivity contribution in [2.24, 2.45) is 0 Å². The van der Waals surface area contributed by atoms with E-state index in [2.05, 4.69) is 22.3 Å². The van der Waals surface area contributed by atoms with E-state index in [0.717, 1.165) is 22.3 Å². The lowest BCUT2D eigenvalue weighted by atomic mass is 10.1. The predicted molar refractivity (Wildman–Crippen MR) is 103 cm³/mol. The Balaban J connectivity index is 1.50. The maximum absolute atomic E-state index is 12.4. The monoisotopic (exact) mass is 381 g/mol. The molecule has 0 radical (unpaired) electrons. The lowest BCUT2D eigenvalue weighted by Gasteiger charge is -2.16. The van der Waals surface area contributed by atoms with Gasteiger partial charge in [-0.05, 0) is 43.2 Å². The van der Waals surface area contributed by atoms with Crippen LogP contribution in [-0.4, -0.2) is 27.5 Å². The fraction of sp³-hybridized carbons (Fsp3) is 0.286. The van der Waals surface area contributed by atoms with Crippen LogP contribution in [0, 0.1) is 13.8 Å². The van der Waals surface area contributed by atoms with E-state index >= 15 is 0 Å². The van der Waals surface area contributed by atoms with E-state index in [1.807, 2.05) is 49.1 Å². The summed E-state index contributed by atoms with van der Waals surface area (Å²) in [7, 11) is 0. The van der Waals surface area contributed by atoms with E-state index < -0.39 is 0 Å². The van der Waals surface area contributed by atoms with Gasteiger partial charge < -0.3 is 9.42 Å². The van der Waals surface area contributed by atoms with Gasteiger partial charge in [0.15, 0.2) is 0 Å². The zero-order valence-corrected chi connectivity index (χ0v) is 16.0. The molecule has 5 nitrogen and oxygen atoms in total. The van der Waals surface area contributed by atoms with Gasteiger partial charge in [-0.15, -0.1) is 0 Å². The molecule has 1 unspecified atom stereocenters. The lowest BCUT2D eigenvalue weighted by molar-refractivity contribution is -0.128. The Morgan fingerprint density at radius 3 is 2.74 bits per heavy atom. The van der Waals surface area contributed by atoms with Gasteiger partial charge in [-0.3, -0.25) is 4.79 Å². The average Bonchev–Trinajstić information content (AvgIpc) is 3.26. The summed E-state index contributed by atoms with van der Waals surface area (Å²) < 4.78 is 5.50. The number of aromatic nitrogens is 2. The molecule has 0 spiro atoms. The van der Waals surface area contributed by atoms with E-state index in [0.29, 0.717) is 36.2 Å². The first-order chi connectivity index (χ1) is 13.0. The first kappa shape index (κ1) is 17.7. The normalized spacial score (nSPS) is 16.9. The lowest BCUT2D eigenvalue weighted by Crippen LogP contribution is -2.24. The van der Waals surface area contributed by atoms with Gasteiger partial charge in [0.25, 0.3) is 0 Å². The van der Waals surface area contributed by atoms with Crippen LogP contribution in [0.3, 0.4) is 0 Å². The second kappa shape index (κ2) is 7.16. The van der Waals surface area contributed by atoms with Crippen molar-refractivity contribution in [3.05, 3.63) is 70.1 Å². The van der Waals surface area contributed by atoms with Gasteiger partial charge in [-0.25, -0.2) is 0 Å². The number of nitrogens with zero attached hydrogens (tertiary/aromatic N) is 3. The van der Waals surface area contributed by atoms with Gasteiger partial charge in [0.1, 0.15) is 0 Å². The molecule has 1 aliphatic heterocycles. The van der Waals surface area contributed by atoms with Crippen LogP contribution in [0.25, 0.3) is 11.4 Å². The topological polar surface area (TPSA) is 59.2 Å². The van der Waals surface area contributed by atoms with E-state index in [1.54, 1.807) is 0 Å². The van der Waals surface area contributed by atoms with Crippen molar-refractivity contribution in [2.45, 2.75) is 32.7 Å². The highest BCUT2D eigenvalue weighted by Crippen LogP contribution is 2.30. The van der Waals surface area contributed by atoms with Crippen LogP contribution in [0.2, 0.25) is 5.02 Å². The summed E-state index contributed by atoms with van der Waals surface area (Å²) in [5, 5.41) is 4.84. The largest absolute Gasteiger partial charge is 0.339 e. The van der Waals surface area contributed by atoms with Crippen LogP contribution in [0.5, 0.6) is 0 Å². The number of benzene rings is 2. The highest BCUT2D eigenvalue weighted by molar-refractivity contribution is 6.30. The Labute approximate surface area is 163 Å². The molecule has 3 aromatic rings. The molecule has 1 amide bonds. The smallest absolute Gasteiger partial charge is 0.232 e. The molecule has 4 rings (SSSR count). The fourth-order valence-corrected chi connectivity index (χ4v) is 3.51. The minimum absolute atomic E-state index is 0.0730. The summed E-state index contributed by atoms with van der Waals surface area (Å²) in [4.78, 5) is 18.8. The molecule has 1 saturated heterocycles. The number of rotatable bonds is 4. The zero-order valence-electron chi connectivity index (χ0n) is 15.3. The van der Waals surface area contributed by atoms with E-state index in [9.17, 15) is 4.79 Å². The van der Waals surface area contributed by atoms with Crippen molar-refractivity contribution in [2.75, 3.05) is 6.54 Å². The molecule has 0 saturated carbocycles. The Kier molecular flexibility index (Phi) is 4.70. The molecule has 0 N–H and O–H groups in total. The number of hydrogen-bond acceptors (Lipinski definition) is 4. The van der Waals surface area contributed by atoms with Gasteiger partial charge in [0.05, 0.1) is 5.92 Å². The summed E-state index contributed by atoms with van der Waals surface area (Å²) in [6.45, 7) is 5.20. The Morgan fingerprint density at radius 2 is 1.96 bits per heavy atom.